The maximum atomic E-state index is 6.65. The van der Waals surface area contributed by atoms with Gasteiger partial charge in [-0.05, 0) is 36.0 Å². The van der Waals surface area contributed by atoms with E-state index >= 15 is 0 Å². The van der Waals surface area contributed by atoms with Gasteiger partial charge in [-0.2, -0.15) is 0 Å². The van der Waals surface area contributed by atoms with Crippen molar-refractivity contribution in [1.82, 2.24) is 0 Å². The van der Waals surface area contributed by atoms with Crippen molar-refractivity contribution >= 4 is 0 Å². The average Bonchev–Trinajstić information content (AvgIpc) is 2.89. The number of hydrogen-bond acceptors (Lipinski definition) is 2. The van der Waals surface area contributed by atoms with Crippen molar-refractivity contribution in [3.8, 4) is 5.75 Å². The summed E-state index contributed by atoms with van der Waals surface area (Å²) in [6, 6.07) is 17.0. The Morgan fingerprint density at radius 1 is 0.952 bits per heavy atom. The van der Waals surface area contributed by atoms with Crippen molar-refractivity contribution in [2.45, 2.75) is 37.1 Å². The minimum absolute atomic E-state index is 0.0189. The summed E-state index contributed by atoms with van der Waals surface area (Å²) in [4.78, 5) is 0. The summed E-state index contributed by atoms with van der Waals surface area (Å²) in [7, 11) is 0. The van der Waals surface area contributed by atoms with E-state index in [0.717, 1.165) is 5.75 Å². The second kappa shape index (κ2) is 5.19. The number of para-hydroxylation sites is 1. The van der Waals surface area contributed by atoms with Gasteiger partial charge in [-0.1, -0.05) is 48.9 Å². The molecule has 2 N–H and O–H groups in total. The van der Waals surface area contributed by atoms with Crippen molar-refractivity contribution in [3.63, 3.8) is 0 Å². The van der Waals surface area contributed by atoms with Crippen molar-refractivity contribution in [2.24, 2.45) is 5.73 Å². The highest BCUT2D eigenvalue weighted by Crippen LogP contribution is 2.44. The van der Waals surface area contributed by atoms with E-state index in [1.807, 2.05) is 12.1 Å². The fourth-order valence-corrected chi connectivity index (χ4v) is 3.61. The van der Waals surface area contributed by atoms with Gasteiger partial charge in [0.1, 0.15) is 5.75 Å². The molecule has 1 fully saturated rings. The first-order chi connectivity index (χ1) is 10.3. The molecule has 108 valence electrons. The molecular formula is C19H21NO. The molecule has 2 atom stereocenters. The fraction of sp³-hybridized carbons (Fsp3) is 0.368. The summed E-state index contributed by atoms with van der Waals surface area (Å²) in [5.41, 5.74) is 10.7. The summed E-state index contributed by atoms with van der Waals surface area (Å²) < 4.78 is 5.81. The van der Waals surface area contributed by atoms with Gasteiger partial charge in [0.2, 0.25) is 0 Å². The third-order valence-electron chi connectivity index (χ3n) is 5.07. The summed E-state index contributed by atoms with van der Waals surface area (Å²) in [5, 5.41) is 0. The van der Waals surface area contributed by atoms with E-state index < -0.39 is 0 Å². The van der Waals surface area contributed by atoms with Crippen LogP contribution in [0.3, 0.4) is 0 Å². The lowest BCUT2D eigenvalue weighted by Crippen LogP contribution is -2.24. The predicted octanol–water partition coefficient (Wildman–Crippen LogP) is 4.13. The Labute approximate surface area is 125 Å². The molecule has 0 radical (unpaired) electrons. The Bertz CT molecular complexity index is 648. The Hall–Kier alpha value is -1.80. The van der Waals surface area contributed by atoms with Crippen molar-refractivity contribution in [2.75, 3.05) is 6.61 Å². The lowest BCUT2D eigenvalue weighted by molar-refractivity contribution is 0.313. The maximum Gasteiger partial charge on any atom is 0.122 e. The number of ether oxygens (including phenoxy) is 1. The van der Waals surface area contributed by atoms with Crippen LogP contribution in [0, 0.1) is 0 Å². The molecule has 1 aliphatic carbocycles. The first-order valence-corrected chi connectivity index (χ1v) is 7.90. The Balaban J connectivity index is 1.68. The smallest absolute Gasteiger partial charge is 0.122 e. The highest BCUT2D eigenvalue weighted by Gasteiger charge is 2.32. The predicted molar refractivity (Wildman–Crippen MR) is 84.6 cm³/mol. The molecule has 1 aliphatic heterocycles. The molecule has 2 aliphatic rings. The quantitative estimate of drug-likeness (QED) is 0.917. The Morgan fingerprint density at radius 2 is 1.67 bits per heavy atom. The van der Waals surface area contributed by atoms with Crippen molar-refractivity contribution in [3.05, 3.63) is 65.2 Å². The molecule has 0 spiro atoms. The molecule has 2 nitrogen and oxygen atoms in total. The minimum atomic E-state index is 0.0189. The molecular weight excluding hydrogens is 258 g/mol. The van der Waals surface area contributed by atoms with Gasteiger partial charge in [0.05, 0.1) is 6.61 Å². The van der Waals surface area contributed by atoms with Crippen molar-refractivity contribution < 1.29 is 4.74 Å². The topological polar surface area (TPSA) is 35.2 Å². The summed E-state index contributed by atoms with van der Waals surface area (Å²) in [6.45, 7) is 0.694. The highest BCUT2D eigenvalue weighted by atomic mass is 16.5. The normalized spacial score (nSPS) is 22.2. The van der Waals surface area contributed by atoms with Crippen LogP contribution >= 0.6 is 0 Å². The zero-order valence-corrected chi connectivity index (χ0v) is 12.2. The number of nitrogens with two attached hydrogens (primary N) is 1. The molecule has 1 heterocycles. The second-order valence-electron chi connectivity index (χ2n) is 6.24. The fourth-order valence-electron chi connectivity index (χ4n) is 3.61. The molecule has 2 unspecified atom stereocenters. The van der Waals surface area contributed by atoms with Gasteiger partial charge in [0.25, 0.3) is 0 Å². The van der Waals surface area contributed by atoms with Gasteiger partial charge in [-0.15, -0.1) is 0 Å². The van der Waals surface area contributed by atoms with E-state index in [2.05, 4.69) is 36.4 Å². The van der Waals surface area contributed by atoms with Crippen LogP contribution in [0.15, 0.2) is 48.5 Å². The molecule has 0 amide bonds. The van der Waals surface area contributed by atoms with E-state index in [1.54, 1.807) is 0 Å². The van der Waals surface area contributed by atoms with Crippen LogP contribution in [0.4, 0.5) is 0 Å². The van der Waals surface area contributed by atoms with E-state index in [1.165, 1.54) is 36.0 Å². The zero-order chi connectivity index (χ0) is 14.2. The van der Waals surface area contributed by atoms with Crippen LogP contribution in [0.2, 0.25) is 0 Å². The van der Waals surface area contributed by atoms with E-state index in [4.69, 9.17) is 10.5 Å². The second-order valence-corrected chi connectivity index (χ2v) is 6.24. The van der Waals surface area contributed by atoms with Gasteiger partial charge in [0, 0.05) is 17.5 Å². The molecule has 2 aromatic rings. The molecule has 0 saturated heterocycles. The lowest BCUT2D eigenvalue weighted by Gasteiger charge is -2.30. The summed E-state index contributed by atoms with van der Waals surface area (Å²) >= 11 is 0. The first-order valence-electron chi connectivity index (χ1n) is 7.90. The third kappa shape index (κ3) is 2.14. The summed E-state index contributed by atoms with van der Waals surface area (Å²) in [5.74, 6) is 1.98. The minimum Gasteiger partial charge on any atom is -0.493 e. The molecule has 1 saturated carbocycles. The Morgan fingerprint density at radius 3 is 2.43 bits per heavy atom. The van der Waals surface area contributed by atoms with Crippen LogP contribution < -0.4 is 10.5 Å². The zero-order valence-electron chi connectivity index (χ0n) is 12.2. The van der Waals surface area contributed by atoms with E-state index in [9.17, 15) is 0 Å². The van der Waals surface area contributed by atoms with E-state index in [-0.39, 0.29) is 12.0 Å². The van der Waals surface area contributed by atoms with Gasteiger partial charge in [0.15, 0.2) is 0 Å². The van der Waals surface area contributed by atoms with E-state index in [0.29, 0.717) is 12.5 Å². The molecule has 0 aromatic heterocycles. The van der Waals surface area contributed by atoms with Crippen LogP contribution in [0.25, 0.3) is 0 Å². The SMILES string of the molecule is NC(c1ccccc1C1CCC1)C1COc2ccccc21. The molecule has 2 heteroatoms. The molecule has 0 bridgehead atoms. The highest BCUT2D eigenvalue weighted by molar-refractivity contribution is 5.44. The standard InChI is InChI=1S/C19H21NO/c20-19(17-12-21-18-11-4-3-9-15(17)18)16-10-2-1-8-14(16)13-6-5-7-13/h1-4,8-11,13,17,19H,5-7,12,20H2. The van der Waals surface area contributed by atoms with Gasteiger partial charge >= 0.3 is 0 Å². The van der Waals surface area contributed by atoms with Crippen LogP contribution in [0.5, 0.6) is 5.75 Å². The Kier molecular flexibility index (Phi) is 3.19. The maximum absolute atomic E-state index is 6.65. The summed E-state index contributed by atoms with van der Waals surface area (Å²) in [6.07, 6.45) is 3.96. The van der Waals surface area contributed by atoms with Crippen LogP contribution in [-0.4, -0.2) is 6.61 Å². The third-order valence-corrected chi connectivity index (χ3v) is 5.07. The monoisotopic (exact) mass is 279 g/mol. The van der Waals surface area contributed by atoms with Crippen LogP contribution in [-0.2, 0) is 0 Å². The first kappa shape index (κ1) is 12.9. The average molecular weight is 279 g/mol. The lowest BCUT2D eigenvalue weighted by atomic mass is 9.75. The number of rotatable bonds is 3. The molecule has 4 rings (SSSR count). The number of fused-ring (bicyclic) bond motifs is 1. The molecule has 2 aromatic carbocycles. The van der Waals surface area contributed by atoms with Crippen molar-refractivity contribution in [1.29, 1.82) is 0 Å². The number of benzene rings is 2. The number of hydrogen-bond donors (Lipinski definition) is 1. The molecule has 21 heavy (non-hydrogen) atoms. The van der Waals surface area contributed by atoms with Crippen LogP contribution in [0.1, 0.15) is 53.8 Å². The van der Waals surface area contributed by atoms with Gasteiger partial charge < -0.3 is 10.5 Å². The van der Waals surface area contributed by atoms with Gasteiger partial charge in [-0.25, -0.2) is 0 Å². The largest absolute Gasteiger partial charge is 0.493 e. The van der Waals surface area contributed by atoms with Gasteiger partial charge in [-0.3, -0.25) is 0 Å².